The van der Waals surface area contributed by atoms with Crippen molar-refractivity contribution in [2.45, 2.75) is 0 Å². The molecule has 4 rings (SSSR count). The quantitative estimate of drug-likeness (QED) is 0.780. The van der Waals surface area contributed by atoms with Gasteiger partial charge in [-0.15, -0.1) is 0 Å². The predicted octanol–water partition coefficient (Wildman–Crippen LogP) is 0.967. The zero-order valence-corrected chi connectivity index (χ0v) is 13.3. The van der Waals surface area contributed by atoms with Crippen LogP contribution in [0.2, 0.25) is 0 Å². The van der Waals surface area contributed by atoms with Gasteiger partial charge in [0.15, 0.2) is 0 Å². The molecule has 0 bridgehead atoms. The van der Waals surface area contributed by atoms with E-state index in [1.165, 1.54) is 0 Å². The summed E-state index contributed by atoms with van der Waals surface area (Å²) < 4.78 is 5.98. The van der Waals surface area contributed by atoms with Gasteiger partial charge in [0.1, 0.15) is 17.4 Å². The van der Waals surface area contributed by atoms with Gasteiger partial charge in [0.25, 0.3) is 0 Å². The average Bonchev–Trinajstić information content (AvgIpc) is 3.28. The van der Waals surface area contributed by atoms with E-state index in [9.17, 15) is 0 Å². The summed E-state index contributed by atoms with van der Waals surface area (Å²) in [7, 11) is 0. The van der Waals surface area contributed by atoms with E-state index in [0.29, 0.717) is 0 Å². The van der Waals surface area contributed by atoms with Crippen LogP contribution in [0.25, 0.3) is 22.6 Å². The largest absolute Gasteiger partial charge is 1.00 e. The maximum atomic E-state index is 5.98. The fourth-order valence-electron chi connectivity index (χ4n) is 2.63. The van der Waals surface area contributed by atoms with Crippen LogP contribution < -0.4 is 17.7 Å². The van der Waals surface area contributed by atoms with Crippen molar-refractivity contribution in [3.05, 3.63) is 72.3 Å². The van der Waals surface area contributed by atoms with Crippen LogP contribution >= 0.6 is 0 Å². The highest BCUT2D eigenvalue weighted by molar-refractivity contribution is 6.00. The molecule has 0 saturated carbocycles. The number of aliphatic imine (C=N–C) groups is 1. The molecule has 3 aromatic rings. The van der Waals surface area contributed by atoms with Gasteiger partial charge in [-0.2, -0.15) is 0 Å². The molecule has 4 heteroatoms. The number of benzene rings is 2. The number of amidine groups is 1. The Morgan fingerprint density at radius 1 is 0.739 bits per heavy atom. The van der Waals surface area contributed by atoms with Crippen molar-refractivity contribution in [2.24, 2.45) is 4.99 Å². The number of halogens is 1. The Hall–Kier alpha value is -2.52. The van der Waals surface area contributed by atoms with Gasteiger partial charge in [0.2, 0.25) is 0 Å². The van der Waals surface area contributed by atoms with E-state index >= 15 is 0 Å². The van der Waals surface area contributed by atoms with Crippen LogP contribution in [-0.4, -0.2) is 18.9 Å². The fourth-order valence-corrected chi connectivity index (χ4v) is 2.63. The Balaban J connectivity index is 0.00000156. The van der Waals surface area contributed by atoms with Gasteiger partial charge in [0, 0.05) is 23.2 Å². The van der Waals surface area contributed by atoms with E-state index in [4.69, 9.17) is 4.42 Å². The molecule has 0 aliphatic carbocycles. The molecule has 1 aliphatic rings. The lowest BCUT2D eigenvalue weighted by atomic mass is 10.1. The molecule has 0 spiro atoms. The number of nitrogens with zero attached hydrogens (tertiary/aromatic N) is 1. The first-order valence-electron chi connectivity index (χ1n) is 7.44. The lowest BCUT2D eigenvalue weighted by molar-refractivity contribution is -0.00000484. The maximum absolute atomic E-state index is 5.98. The fraction of sp³-hybridized carbons (Fsp3) is 0.105. The van der Waals surface area contributed by atoms with Crippen molar-refractivity contribution in [2.75, 3.05) is 13.1 Å². The smallest absolute Gasteiger partial charge is 0.134 e. The molecule has 0 unspecified atom stereocenters. The molecule has 0 amide bonds. The van der Waals surface area contributed by atoms with Crippen LogP contribution in [0.1, 0.15) is 5.56 Å². The summed E-state index contributed by atoms with van der Waals surface area (Å²) in [5, 5.41) is 3.28. The molecule has 116 valence electrons. The van der Waals surface area contributed by atoms with E-state index in [1.54, 1.807) is 0 Å². The SMILES string of the molecule is [Cl-].c1ccc(-c2ccc(-c3ccc(C4=NCCN4)cc3)o2)cc1. The molecular weight excluding hydrogens is 308 g/mol. The van der Waals surface area contributed by atoms with Crippen LogP contribution in [0.4, 0.5) is 0 Å². The average molecular weight is 324 g/mol. The van der Waals surface area contributed by atoms with E-state index in [0.717, 1.165) is 47.1 Å². The Labute approximate surface area is 141 Å². The monoisotopic (exact) mass is 323 g/mol. The Morgan fingerprint density at radius 2 is 1.35 bits per heavy atom. The molecule has 1 N–H and O–H groups in total. The first-order chi connectivity index (χ1) is 10.9. The van der Waals surface area contributed by atoms with Crippen molar-refractivity contribution in [1.82, 2.24) is 5.32 Å². The molecule has 0 fully saturated rings. The first kappa shape index (κ1) is 15.4. The van der Waals surface area contributed by atoms with E-state index in [1.807, 2.05) is 30.3 Å². The third-order valence-corrected chi connectivity index (χ3v) is 3.78. The summed E-state index contributed by atoms with van der Waals surface area (Å²) in [4.78, 5) is 4.43. The maximum Gasteiger partial charge on any atom is 0.134 e. The summed E-state index contributed by atoms with van der Waals surface area (Å²) in [6, 6.07) is 22.5. The highest BCUT2D eigenvalue weighted by atomic mass is 35.5. The minimum atomic E-state index is 0. The topological polar surface area (TPSA) is 37.5 Å². The molecule has 0 radical (unpaired) electrons. The minimum absolute atomic E-state index is 0. The van der Waals surface area contributed by atoms with Gasteiger partial charge in [0.05, 0.1) is 6.54 Å². The Bertz CT molecular complexity index is 807. The standard InChI is InChI=1S/C19H16N2O.ClH/c1-2-4-14(5-3-1)17-10-11-18(22-17)15-6-8-16(9-7-15)19-20-12-13-21-19;/h1-11H,12-13H2,(H,20,21);1H/p-1. The van der Waals surface area contributed by atoms with Crippen LogP contribution in [-0.2, 0) is 0 Å². The number of furan rings is 1. The highest BCUT2D eigenvalue weighted by Gasteiger charge is 2.10. The van der Waals surface area contributed by atoms with Crippen molar-refractivity contribution in [3.63, 3.8) is 0 Å². The summed E-state index contributed by atoms with van der Waals surface area (Å²) in [5.41, 5.74) is 3.29. The second kappa shape index (κ2) is 6.71. The molecule has 1 aliphatic heterocycles. The Kier molecular flexibility index (Phi) is 4.49. The van der Waals surface area contributed by atoms with Gasteiger partial charge < -0.3 is 22.1 Å². The molecule has 23 heavy (non-hydrogen) atoms. The van der Waals surface area contributed by atoms with Crippen molar-refractivity contribution < 1.29 is 16.8 Å². The molecule has 2 aromatic carbocycles. The van der Waals surface area contributed by atoms with Gasteiger partial charge >= 0.3 is 0 Å². The lowest BCUT2D eigenvalue weighted by Gasteiger charge is -2.03. The second-order valence-corrected chi connectivity index (χ2v) is 5.26. The Morgan fingerprint density at radius 3 is 1.96 bits per heavy atom. The van der Waals surface area contributed by atoms with Gasteiger partial charge in [-0.25, -0.2) is 0 Å². The number of hydrogen-bond acceptors (Lipinski definition) is 3. The van der Waals surface area contributed by atoms with Crippen molar-refractivity contribution in [1.29, 1.82) is 0 Å². The molecule has 0 atom stereocenters. The molecule has 3 nitrogen and oxygen atoms in total. The number of nitrogens with one attached hydrogen (secondary N) is 1. The molecule has 0 saturated heterocycles. The lowest BCUT2D eigenvalue weighted by Crippen LogP contribution is -3.00. The third-order valence-electron chi connectivity index (χ3n) is 3.78. The summed E-state index contributed by atoms with van der Waals surface area (Å²) >= 11 is 0. The van der Waals surface area contributed by atoms with Crippen molar-refractivity contribution in [3.8, 4) is 22.6 Å². The summed E-state index contributed by atoms with van der Waals surface area (Å²) in [6.45, 7) is 1.78. The zero-order valence-electron chi connectivity index (χ0n) is 12.5. The van der Waals surface area contributed by atoms with Gasteiger partial charge in [-0.3, -0.25) is 4.99 Å². The van der Waals surface area contributed by atoms with Crippen LogP contribution in [0.15, 0.2) is 76.1 Å². The van der Waals surface area contributed by atoms with Crippen LogP contribution in [0.3, 0.4) is 0 Å². The van der Waals surface area contributed by atoms with Crippen LogP contribution in [0.5, 0.6) is 0 Å². The van der Waals surface area contributed by atoms with Gasteiger partial charge in [-0.05, 0) is 12.1 Å². The van der Waals surface area contributed by atoms with Crippen LogP contribution in [0, 0.1) is 0 Å². The number of rotatable bonds is 3. The zero-order chi connectivity index (χ0) is 14.8. The number of hydrogen-bond donors (Lipinski definition) is 1. The van der Waals surface area contributed by atoms with E-state index in [-0.39, 0.29) is 12.4 Å². The minimum Gasteiger partial charge on any atom is -1.00 e. The predicted molar refractivity (Wildman–Crippen MR) is 89.0 cm³/mol. The molecule has 2 heterocycles. The highest BCUT2D eigenvalue weighted by Crippen LogP contribution is 2.28. The third kappa shape index (κ3) is 3.15. The molecule has 1 aromatic heterocycles. The van der Waals surface area contributed by atoms with Crippen molar-refractivity contribution >= 4 is 5.84 Å². The van der Waals surface area contributed by atoms with Gasteiger partial charge in [-0.1, -0.05) is 54.6 Å². The van der Waals surface area contributed by atoms with E-state index in [2.05, 4.69) is 46.7 Å². The summed E-state index contributed by atoms with van der Waals surface area (Å²) in [6.07, 6.45) is 0. The molecular formula is C19H16ClN2O-. The van der Waals surface area contributed by atoms with E-state index < -0.39 is 0 Å². The first-order valence-corrected chi connectivity index (χ1v) is 7.44. The second-order valence-electron chi connectivity index (χ2n) is 5.26. The summed E-state index contributed by atoms with van der Waals surface area (Å²) in [5.74, 6) is 2.75. The normalized spacial score (nSPS) is 13.1.